The van der Waals surface area contributed by atoms with E-state index in [-0.39, 0.29) is 0 Å². The van der Waals surface area contributed by atoms with Crippen LogP contribution in [0.5, 0.6) is 0 Å². The Kier molecular flexibility index (Phi) is 3.12. The molecule has 17 heavy (non-hydrogen) atoms. The van der Waals surface area contributed by atoms with Gasteiger partial charge in [0.1, 0.15) is 10.9 Å². The average Bonchev–Trinajstić information content (AvgIpc) is 2.80. The van der Waals surface area contributed by atoms with Gasteiger partial charge < -0.3 is 4.90 Å². The minimum absolute atomic E-state index is 0.635. The Bertz CT molecular complexity index is 581. The van der Waals surface area contributed by atoms with Crippen molar-refractivity contribution >= 4 is 22.2 Å². The summed E-state index contributed by atoms with van der Waals surface area (Å²) in [6, 6.07) is 8.39. The van der Waals surface area contributed by atoms with Gasteiger partial charge in [0.05, 0.1) is 6.20 Å². The van der Waals surface area contributed by atoms with Gasteiger partial charge in [-0.05, 0) is 37.1 Å². The number of thiazole rings is 1. The standard InChI is InChI=1S/C13H13N3S/c1-9-4-5-11(6-10(9)2)16(3)13-15-8-12(7-14)17-13/h4-6,8H,1-3H3. The van der Waals surface area contributed by atoms with Crippen LogP contribution in [0.15, 0.2) is 24.4 Å². The molecule has 0 aliphatic carbocycles. The fraction of sp³-hybridized carbons (Fsp3) is 0.231. The summed E-state index contributed by atoms with van der Waals surface area (Å²) in [4.78, 5) is 6.87. The highest BCUT2D eigenvalue weighted by Crippen LogP contribution is 2.28. The van der Waals surface area contributed by atoms with Gasteiger partial charge in [-0.3, -0.25) is 0 Å². The molecule has 3 nitrogen and oxygen atoms in total. The van der Waals surface area contributed by atoms with Crippen LogP contribution in [-0.2, 0) is 0 Å². The van der Waals surface area contributed by atoms with Gasteiger partial charge in [0.15, 0.2) is 5.13 Å². The van der Waals surface area contributed by atoms with Crippen molar-refractivity contribution in [2.24, 2.45) is 0 Å². The van der Waals surface area contributed by atoms with E-state index in [9.17, 15) is 0 Å². The van der Waals surface area contributed by atoms with Gasteiger partial charge >= 0.3 is 0 Å². The lowest BCUT2D eigenvalue weighted by Crippen LogP contribution is -2.09. The number of hydrogen-bond acceptors (Lipinski definition) is 4. The van der Waals surface area contributed by atoms with Crippen LogP contribution in [0.2, 0.25) is 0 Å². The van der Waals surface area contributed by atoms with E-state index in [4.69, 9.17) is 5.26 Å². The molecule has 0 unspecified atom stereocenters. The largest absolute Gasteiger partial charge is 0.321 e. The van der Waals surface area contributed by atoms with Crippen molar-refractivity contribution in [3.05, 3.63) is 40.4 Å². The summed E-state index contributed by atoms with van der Waals surface area (Å²) in [6.07, 6.45) is 1.61. The fourth-order valence-corrected chi connectivity index (χ4v) is 2.21. The first-order valence-electron chi connectivity index (χ1n) is 5.28. The maximum atomic E-state index is 8.79. The first kappa shape index (κ1) is 11.6. The molecular weight excluding hydrogens is 230 g/mol. The Morgan fingerprint density at radius 2 is 2.06 bits per heavy atom. The van der Waals surface area contributed by atoms with Crippen molar-refractivity contribution in [3.8, 4) is 6.07 Å². The lowest BCUT2D eigenvalue weighted by molar-refractivity contribution is 1.16. The Morgan fingerprint density at radius 3 is 2.65 bits per heavy atom. The molecule has 0 atom stereocenters. The number of anilines is 2. The SMILES string of the molecule is Cc1ccc(N(C)c2ncc(C#N)s2)cc1C. The van der Waals surface area contributed by atoms with Crippen LogP contribution in [-0.4, -0.2) is 12.0 Å². The molecule has 0 N–H and O–H groups in total. The number of benzene rings is 1. The van der Waals surface area contributed by atoms with E-state index in [1.807, 2.05) is 11.9 Å². The Morgan fingerprint density at radius 1 is 1.29 bits per heavy atom. The van der Waals surface area contributed by atoms with E-state index in [0.717, 1.165) is 10.8 Å². The zero-order valence-corrected chi connectivity index (χ0v) is 10.9. The second kappa shape index (κ2) is 4.56. The minimum Gasteiger partial charge on any atom is -0.321 e. The van der Waals surface area contributed by atoms with Crippen LogP contribution in [0.3, 0.4) is 0 Å². The first-order valence-corrected chi connectivity index (χ1v) is 6.10. The van der Waals surface area contributed by atoms with Gasteiger partial charge in [0.25, 0.3) is 0 Å². The highest BCUT2D eigenvalue weighted by Gasteiger charge is 2.09. The summed E-state index contributed by atoms with van der Waals surface area (Å²) < 4.78 is 0. The van der Waals surface area contributed by atoms with Gasteiger partial charge in [-0.2, -0.15) is 5.26 Å². The molecule has 0 bridgehead atoms. The molecule has 0 aliphatic heterocycles. The second-order valence-corrected chi connectivity index (χ2v) is 4.96. The number of rotatable bonds is 2. The molecule has 0 amide bonds. The van der Waals surface area contributed by atoms with E-state index in [1.165, 1.54) is 22.5 Å². The van der Waals surface area contributed by atoms with Crippen molar-refractivity contribution in [1.29, 1.82) is 5.26 Å². The summed E-state index contributed by atoms with van der Waals surface area (Å²) in [5.41, 5.74) is 3.62. The number of aromatic nitrogens is 1. The third-order valence-corrected chi connectivity index (χ3v) is 3.75. The maximum Gasteiger partial charge on any atom is 0.190 e. The molecule has 1 heterocycles. The summed E-state index contributed by atoms with van der Waals surface area (Å²) in [7, 11) is 1.96. The molecule has 0 radical (unpaired) electrons. The van der Waals surface area contributed by atoms with E-state index in [0.29, 0.717) is 4.88 Å². The molecule has 4 heteroatoms. The van der Waals surface area contributed by atoms with Gasteiger partial charge in [-0.25, -0.2) is 4.98 Å². The smallest absolute Gasteiger partial charge is 0.190 e. The highest BCUT2D eigenvalue weighted by molar-refractivity contribution is 7.16. The van der Waals surface area contributed by atoms with Crippen LogP contribution in [0.4, 0.5) is 10.8 Å². The molecule has 0 saturated carbocycles. The molecule has 2 rings (SSSR count). The molecule has 0 spiro atoms. The Labute approximate surface area is 105 Å². The number of nitrogens with zero attached hydrogens (tertiary/aromatic N) is 3. The molecule has 0 saturated heterocycles. The van der Waals surface area contributed by atoms with Crippen molar-refractivity contribution in [3.63, 3.8) is 0 Å². The summed E-state index contributed by atoms with van der Waals surface area (Å²) in [5.74, 6) is 0. The molecular formula is C13H13N3S. The van der Waals surface area contributed by atoms with Crippen LogP contribution >= 0.6 is 11.3 Å². The summed E-state index contributed by atoms with van der Waals surface area (Å²) in [5, 5.41) is 9.62. The van der Waals surface area contributed by atoms with E-state index >= 15 is 0 Å². The van der Waals surface area contributed by atoms with E-state index in [2.05, 4.69) is 43.1 Å². The normalized spacial score (nSPS) is 10.0. The molecule has 0 aliphatic rings. The quantitative estimate of drug-likeness (QED) is 0.811. The van der Waals surface area contributed by atoms with E-state index < -0.39 is 0 Å². The van der Waals surface area contributed by atoms with Crippen molar-refractivity contribution in [2.45, 2.75) is 13.8 Å². The van der Waals surface area contributed by atoms with Gasteiger partial charge in [0.2, 0.25) is 0 Å². The Balaban J connectivity index is 2.33. The fourth-order valence-electron chi connectivity index (χ4n) is 1.52. The van der Waals surface area contributed by atoms with Crippen molar-refractivity contribution in [1.82, 2.24) is 4.98 Å². The monoisotopic (exact) mass is 243 g/mol. The molecule has 86 valence electrons. The lowest BCUT2D eigenvalue weighted by Gasteiger charge is -2.16. The molecule has 1 aromatic carbocycles. The number of aryl methyl sites for hydroxylation is 2. The number of hydrogen-bond donors (Lipinski definition) is 0. The third-order valence-electron chi connectivity index (χ3n) is 2.77. The van der Waals surface area contributed by atoms with Crippen LogP contribution in [0.25, 0.3) is 0 Å². The molecule has 2 aromatic rings. The topological polar surface area (TPSA) is 39.9 Å². The number of nitriles is 1. The van der Waals surface area contributed by atoms with E-state index in [1.54, 1.807) is 6.20 Å². The summed E-state index contributed by atoms with van der Waals surface area (Å²) in [6.45, 7) is 4.19. The van der Waals surface area contributed by atoms with Crippen LogP contribution in [0, 0.1) is 25.2 Å². The predicted molar refractivity (Wildman–Crippen MR) is 70.8 cm³/mol. The van der Waals surface area contributed by atoms with Crippen molar-refractivity contribution in [2.75, 3.05) is 11.9 Å². The van der Waals surface area contributed by atoms with Crippen LogP contribution < -0.4 is 4.90 Å². The highest BCUT2D eigenvalue weighted by atomic mass is 32.1. The predicted octanol–water partition coefficient (Wildman–Crippen LogP) is 3.40. The zero-order valence-electron chi connectivity index (χ0n) is 10.1. The first-order chi connectivity index (χ1) is 8.11. The molecule has 0 fully saturated rings. The second-order valence-electron chi connectivity index (χ2n) is 3.95. The third kappa shape index (κ3) is 2.29. The minimum atomic E-state index is 0.635. The maximum absolute atomic E-state index is 8.79. The zero-order chi connectivity index (χ0) is 12.4. The van der Waals surface area contributed by atoms with Gasteiger partial charge in [-0.1, -0.05) is 17.4 Å². The Hall–Kier alpha value is -1.86. The lowest BCUT2D eigenvalue weighted by atomic mass is 10.1. The van der Waals surface area contributed by atoms with Gasteiger partial charge in [0, 0.05) is 12.7 Å². The van der Waals surface area contributed by atoms with Gasteiger partial charge in [-0.15, -0.1) is 0 Å². The average molecular weight is 243 g/mol. The molecule has 1 aromatic heterocycles. The van der Waals surface area contributed by atoms with Crippen molar-refractivity contribution < 1.29 is 0 Å². The van der Waals surface area contributed by atoms with Crippen LogP contribution in [0.1, 0.15) is 16.0 Å². The summed E-state index contributed by atoms with van der Waals surface area (Å²) >= 11 is 1.40.